The molecule has 226 valence electrons. The first-order chi connectivity index (χ1) is 20.3. The van der Waals surface area contributed by atoms with Crippen LogP contribution in [-0.2, 0) is 14.4 Å². The van der Waals surface area contributed by atoms with Gasteiger partial charge in [0, 0.05) is 37.4 Å². The Morgan fingerprint density at radius 3 is 2.33 bits per heavy atom. The van der Waals surface area contributed by atoms with Crippen molar-refractivity contribution in [2.75, 3.05) is 24.5 Å². The number of carboxylic acid groups (broad SMARTS) is 3. The number of aromatic nitrogens is 5. The SMILES string of the molecule is Cc1cn2nc(-c3cc(=O)n4cc(N5CCNC6(CC6)C5)ccc4n3)cc(C)c2n1.O=C(O)CC(O)(CC(=O)O)C(=O)O. The average molecular weight is 594 g/mol. The first kappa shape index (κ1) is 29.6. The van der Waals surface area contributed by atoms with Crippen LogP contribution < -0.4 is 15.8 Å². The lowest BCUT2D eigenvalue weighted by Crippen LogP contribution is -2.52. The zero-order chi connectivity index (χ0) is 31.1. The number of aryl methyl sites for hydroxylation is 2. The predicted octanol–water partition coefficient (Wildman–Crippen LogP) is 0.715. The molecular weight excluding hydrogens is 562 g/mol. The van der Waals surface area contributed by atoms with E-state index in [1.165, 1.54) is 12.8 Å². The first-order valence-electron chi connectivity index (χ1n) is 13.5. The summed E-state index contributed by atoms with van der Waals surface area (Å²) in [5.41, 5.74) is 3.10. The Labute approximate surface area is 244 Å². The maximum Gasteiger partial charge on any atom is 0.336 e. The van der Waals surface area contributed by atoms with Gasteiger partial charge in [-0.15, -0.1) is 0 Å². The van der Waals surface area contributed by atoms with Gasteiger partial charge in [-0.3, -0.25) is 18.8 Å². The lowest BCUT2D eigenvalue weighted by Gasteiger charge is -2.35. The summed E-state index contributed by atoms with van der Waals surface area (Å²) in [6.07, 6.45) is 3.97. The number of nitrogens with one attached hydrogen (secondary N) is 1. The summed E-state index contributed by atoms with van der Waals surface area (Å²) in [5, 5.41) is 42.1. The quantitative estimate of drug-likeness (QED) is 0.200. The Morgan fingerprint density at radius 2 is 1.70 bits per heavy atom. The van der Waals surface area contributed by atoms with Crippen LogP contribution in [0.1, 0.15) is 36.9 Å². The molecule has 1 saturated heterocycles. The summed E-state index contributed by atoms with van der Waals surface area (Å²) < 4.78 is 3.39. The van der Waals surface area contributed by atoms with Crippen molar-refractivity contribution in [1.82, 2.24) is 29.3 Å². The molecular formula is C28H31N7O8. The molecule has 4 aromatic rings. The summed E-state index contributed by atoms with van der Waals surface area (Å²) in [6.45, 7) is 6.85. The van der Waals surface area contributed by atoms with Crippen molar-refractivity contribution < 1.29 is 34.8 Å². The molecule has 1 saturated carbocycles. The molecule has 6 rings (SSSR count). The fourth-order valence-corrected chi connectivity index (χ4v) is 5.16. The Morgan fingerprint density at radius 1 is 1.00 bits per heavy atom. The third-order valence-corrected chi connectivity index (χ3v) is 7.52. The molecule has 43 heavy (non-hydrogen) atoms. The number of piperazine rings is 1. The van der Waals surface area contributed by atoms with E-state index in [2.05, 4.69) is 26.4 Å². The number of fused-ring (bicyclic) bond motifs is 2. The number of nitrogens with zero attached hydrogens (tertiary/aromatic N) is 6. The molecule has 0 atom stereocenters. The number of hydrogen-bond donors (Lipinski definition) is 5. The van der Waals surface area contributed by atoms with Crippen LogP contribution in [0, 0.1) is 13.8 Å². The molecule has 1 aliphatic heterocycles. The van der Waals surface area contributed by atoms with Gasteiger partial charge in [-0.05, 0) is 50.5 Å². The number of hydrogen-bond acceptors (Lipinski definition) is 10. The molecule has 0 radical (unpaired) electrons. The Kier molecular flexibility index (Phi) is 7.62. The fraction of sp³-hybridized carbons (Fsp3) is 0.393. The van der Waals surface area contributed by atoms with E-state index in [9.17, 15) is 19.2 Å². The van der Waals surface area contributed by atoms with E-state index in [1.807, 2.05) is 38.4 Å². The van der Waals surface area contributed by atoms with Crippen LogP contribution in [0.3, 0.4) is 0 Å². The summed E-state index contributed by atoms with van der Waals surface area (Å²) in [6, 6.07) is 7.49. The van der Waals surface area contributed by atoms with Gasteiger partial charge >= 0.3 is 17.9 Å². The first-order valence-corrected chi connectivity index (χ1v) is 13.5. The highest BCUT2D eigenvalue weighted by Crippen LogP contribution is 2.38. The summed E-state index contributed by atoms with van der Waals surface area (Å²) in [7, 11) is 0. The standard InChI is InChI=1S/C22H23N7O.C6H8O7/c1-14-9-18(26-29-11-15(2)24-21(14)29)17-10-20(30)28-12-16(3-4-19(28)25-17)27-8-7-23-22(13-27)5-6-22;7-3(8)1-6(13,5(11)12)2-4(9)10/h3-4,9-12,23H,5-8,13H2,1-2H3;13H,1-2H2,(H,7,8)(H,9,10)(H,11,12). The van der Waals surface area contributed by atoms with E-state index in [0.717, 1.165) is 42.2 Å². The molecule has 4 aromatic heterocycles. The molecule has 2 fully saturated rings. The maximum absolute atomic E-state index is 12.9. The second-order valence-electron chi connectivity index (χ2n) is 11.1. The number of anilines is 1. The highest BCUT2D eigenvalue weighted by molar-refractivity contribution is 5.88. The van der Waals surface area contributed by atoms with E-state index in [4.69, 9.17) is 25.4 Å². The smallest absolute Gasteiger partial charge is 0.336 e. The van der Waals surface area contributed by atoms with Gasteiger partial charge in [0.2, 0.25) is 0 Å². The zero-order valence-electron chi connectivity index (χ0n) is 23.5. The van der Waals surface area contributed by atoms with Gasteiger partial charge < -0.3 is 30.6 Å². The van der Waals surface area contributed by atoms with E-state index in [0.29, 0.717) is 17.0 Å². The van der Waals surface area contributed by atoms with E-state index >= 15 is 0 Å². The van der Waals surface area contributed by atoms with Gasteiger partial charge in [0.1, 0.15) is 11.3 Å². The van der Waals surface area contributed by atoms with Gasteiger partial charge in [-0.25, -0.2) is 19.3 Å². The molecule has 0 aromatic carbocycles. The molecule has 1 aliphatic carbocycles. The van der Waals surface area contributed by atoms with Crippen molar-refractivity contribution in [3.8, 4) is 11.4 Å². The minimum absolute atomic E-state index is 0.102. The van der Waals surface area contributed by atoms with Crippen LogP contribution in [0.5, 0.6) is 0 Å². The number of imidazole rings is 1. The van der Waals surface area contributed by atoms with Gasteiger partial charge in [-0.2, -0.15) is 5.10 Å². The maximum atomic E-state index is 12.9. The van der Waals surface area contributed by atoms with Crippen LogP contribution >= 0.6 is 0 Å². The topological polar surface area (TPSA) is 212 Å². The van der Waals surface area contributed by atoms with Crippen LogP contribution in [-0.4, -0.2) is 93.1 Å². The van der Waals surface area contributed by atoms with E-state index in [-0.39, 0.29) is 11.1 Å². The van der Waals surface area contributed by atoms with Crippen molar-refractivity contribution in [1.29, 1.82) is 0 Å². The third kappa shape index (κ3) is 6.32. The number of rotatable bonds is 7. The van der Waals surface area contributed by atoms with Gasteiger partial charge in [-0.1, -0.05) is 0 Å². The van der Waals surface area contributed by atoms with Crippen molar-refractivity contribution in [2.24, 2.45) is 0 Å². The number of carbonyl (C=O) groups is 3. The molecule has 0 amide bonds. The van der Waals surface area contributed by atoms with Crippen molar-refractivity contribution >= 4 is 34.9 Å². The zero-order valence-corrected chi connectivity index (χ0v) is 23.5. The molecule has 0 unspecified atom stereocenters. The van der Waals surface area contributed by atoms with Gasteiger partial charge in [0.05, 0.1) is 36.1 Å². The lowest BCUT2D eigenvalue weighted by atomic mass is 9.96. The third-order valence-electron chi connectivity index (χ3n) is 7.52. The number of carboxylic acids is 3. The number of aliphatic carboxylic acids is 3. The van der Waals surface area contributed by atoms with Crippen LogP contribution in [0.25, 0.3) is 22.7 Å². The minimum atomic E-state index is -2.74. The molecule has 2 aliphatic rings. The second-order valence-corrected chi connectivity index (χ2v) is 11.1. The van der Waals surface area contributed by atoms with Crippen molar-refractivity contribution in [2.45, 2.75) is 50.7 Å². The molecule has 15 heteroatoms. The minimum Gasteiger partial charge on any atom is -0.481 e. The van der Waals surface area contributed by atoms with Crippen LogP contribution in [0.15, 0.2) is 41.5 Å². The largest absolute Gasteiger partial charge is 0.481 e. The monoisotopic (exact) mass is 593 g/mol. The highest BCUT2D eigenvalue weighted by atomic mass is 16.4. The number of pyridine rings is 1. The normalized spacial score (nSPS) is 15.7. The molecule has 5 heterocycles. The van der Waals surface area contributed by atoms with Gasteiger partial charge in [0.15, 0.2) is 11.2 Å². The molecule has 15 nitrogen and oxygen atoms in total. The fourth-order valence-electron chi connectivity index (χ4n) is 5.16. The Bertz CT molecular complexity index is 1790. The number of aliphatic hydroxyl groups is 1. The molecule has 1 spiro atoms. The average Bonchev–Trinajstić information content (AvgIpc) is 3.54. The second kappa shape index (κ2) is 11.1. The summed E-state index contributed by atoms with van der Waals surface area (Å²) in [5.74, 6) is -5.02. The predicted molar refractivity (Wildman–Crippen MR) is 152 cm³/mol. The van der Waals surface area contributed by atoms with Crippen LogP contribution in [0.2, 0.25) is 0 Å². The van der Waals surface area contributed by atoms with E-state index < -0.39 is 36.4 Å². The molecule has 5 N–H and O–H groups in total. The van der Waals surface area contributed by atoms with Gasteiger partial charge in [0.25, 0.3) is 5.56 Å². The van der Waals surface area contributed by atoms with Crippen LogP contribution in [0.4, 0.5) is 5.69 Å². The molecule has 0 bridgehead atoms. The van der Waals surface area contributed by atoms with Crippen molar-refractivity contribution in [3.63, 3.8) is 0 Å². The van der Waals surface area contributed by atoms with Crippen molar-refractivity contribution in [3.05, 3.63) is 58.3 Å². The summed E-state index contributed by atoms with van der Waals surface area (Å²) in [4.78, 5) is 55.0. The lowest BCUT2D eigenvalue weighted by molar-refractivity contribution is -0.170. The summed E-state index contributed by atoms with van der Waals surface area (Å²) >= 11 is 0. The highest BCUT2D eigenvalue weighted by Gasteiger charge is 2.45. The van der Waals surface area contributed by atoms with E-state index in [1.54, 1.807) is 15.0 Å². The Hall–Kier alpha value is -4.89. The Balaban J connectivity index is 0.000000242.